The lowest BCUT2D eigenvalue weighted by Crippen LogP contribution is -2.32. The summed E-state index contributed by atoms with van der Waals surface area (Å²) in [7, 11) is 0. The summed E-state index contributed by atoms with van der Waals surface area (Å²) in [6.45, 7) is -0.340. The maximum absolute atomic E-state index is 13.1. The van der Waals surface area contributed by atoms with Crippen LogP contribution in [0.25, 0.3) is 11.3 Å². The van der Waals surface area contributed by atoms with Crippen molar-refractivity contribution in [3.8, 4) is 11.3 Å². The molecule has 3 aromatic rings. The van der Waals surface area contributed by atoms with E-state index in [1.807, 2.05) is 12.1 Å². The predicted octanol–water partition coefficient (Wildman–Crippen LogP) is 4.11. The van der Waals surface area contributed by atoms with Crippen LogP contribution < -0.4 is 10.6 Å². The third-order valence-electron chi connectivity index (χ3n) is 3.48. The van der Waals surface area contributed by atoms with E-state index in [0.717, 1.165) is 23.8 Å². The van der Waals surface area contributed by atoms with Gasteiger partial charge in [-0.05, 0) is 30.3 Å². The molecule has 0 saturated carbocycles. The van der Waals surface area contributed by atoms with Gasteiger partial charge in [0.15, 0.2) is 16.8 Å². The van der Waals surface area contributed by atoms with Crippen molar-refractivity contribution in [3.63, 3.8) is 0 Å². The second-order valence-electron chi connectivity index (χ2n) is 5.40. The molecule has 0 fully saturated rings. The van der Waals surface area contributed by atoms with E-state index in [2.05, 4.69) is 15.6 Å². The Hall–Kier alpha value is -2.84. The van der Waals surface area contributed by atoms with Crippen molar-refractivity contribution in [2.75, 3.05) is 11.9 Å². The normalized spacial score (nSPS) is 10.5. The SMILES string of the molecule is O=C(CNC(=O)c1ccc(F)c(F)c1)Nc1nc(-c2ccc(Cl)cc2)cs1. The molecular weight excluding hydrogens is 396 g/mol. The highest BCUT2D eigenvalue weighted by Gasteiger charge is 2.12. The van der Waals surface area contributed by atoms with E-state index in [1.54, 1.807) is 17.5 Å². The Kier molecular flexibility index (Phi) is 5.78. The Morgan fingerprint density at radius 3 is 2.52 bits per heavy atom. The zero-order valence-electron chi connectivity index (χ0n) is 13.6. The summed E-state index contributed by atoms with van der Waals surface area (Å²) < 4.78 is 26.0. The smallest absolute Gasteiger partial charge is 0.251 e. The number of nitrogens with one attached hydrogen (secondary N) is 2. The molecule has 138 valence electrons. The number of rotatable bonds is 5. The van der Waals surface area contributed by atoms with Gasteiger partial charge in [0.05, 0.1) is 12.2 Å². The highest BCUT2D eigenvalue weighted by molar-refractivity contribution is 7.14. The molecule has 1 aromatic heterocycles. The maximum Gasteiger partial charge on any atom is 0.251 e. The van der Waals surface area contributed by atoms with Gasteiger partial charge in [-0.2, -0.15) is 0 Å². The first-order valence-electron chi connectivity index (χ1n) is 7.67. The molecule has 0 unspecified atom stereocenters. The minimum absolute atomic E-state index is 0.0824. The molecular formula is C18H12ClF2N3O2S. The summed E-state index contributed by atoms with van der Waals surface area (Å²) in [6.07, 6.45) is 0. The summed E-state index contributed by atoms with van der Waals surface area (Å²) in [4.78, 5) is 28.1. The van der Waals surface area contributed by atoms with Gasteiger partial charge < -0.3 is 10.6 Å². The van der Waals surface area contributed by atoms with E-state index < -0.39 is 23.4 Å². The molecule has 0 aliphatic rings. The number of benzene rings is 2. The predicted molar refractivity (Wildman–Crippen MR) is 99.9 cm³/mol. The molecule has 0 radical (unpaired) electrons. The third-order valence-corrected chi connectivity index (χ3v) is 4.49. The maximum atomic E-state index is 13.1. The van der Waals surface area contributed by atoms with Crippen LogP contribution >= 0.6 is 22.9 Å². The van der Waals surface area contributed by atoms with Crippen LogP contribution in [0.2, 0.25) is 5.02 Å². The van der Waals surface area contributed by atoms with Crippen LogP contribution in [0.5, 0.6) is 0 Å². The second-order valence-corrected chi connectivity index (χ2v) is 6.70. The van der Waals surface area contributed by atoms with Gasteiger partial charge >= 0.3 is 0 Å². The zero-order valence-corrected chi connectivity index (χ0v) is 15.2. The minimum Gasteiger partial charge on any atom is -0.343 e. The highest BCUT2D eigenvalue weighted by atomic mass is 35.5. The molecule has 0 bridgehead atoms. The molecule has 2 aromatic carbocycles. The standard InChI is InChI=1S/C18H12ClF2N3O2S/c19-12-4-1-10(2-5-12)15-9-27-18(23-15)24-16(25)8-22-17(26)11-3-6-13(20)14(21)7-11/h1-7,9H,8H2,(H,22,26)(H,23,24,25). The van der Waals surface area contributed by atoms with Gasteiger partial charge in [-0.1, -0.05) is 23.7 Å². The average Bonchev–Trinajstić information content (AvgIpc) is 3.11. The van der Waals surface area contributed by atoms with Gasteiger partial charge in [-0.15, -0.1) is 11.3 Å². The molecule has 0 aliphatic carbocycles. The van der Waals surface area contributed by atoms with Gasteiger partial charge in [0, 0.05) is 21.5 Å². The number of thiazole rings is 1. The highest BCUT2D eigenvalue weighted by Crippen LogP contribution is 2.25. The summed E-state index contributed by atoms with van der Waals surface area (Å²) in [5, 5.41) is 7.65. The molecule has 27 heavy (non-hydrogen) atoms. The van der Waals surface area contributed by atoms with Crippen molar-refractivity contribution in [1.29, 1.82) is 0 Å². The molecule has 5 nitrogen and oxygen atoms in total. The largest absolute Gasteiger partial charge is 0.343 e. The van der Waals surface area contributed by atoms with Crippen LogP contribution in [-0.2, 0) is 4.79 Å². The summed E-state index contributed by atoms with van der Waals surface area (Å²) in [5.74, 6) is -3.37. The lowest BCUT2D eigenvalue weighted by atomic mass is 10.2. The van der Waals surface area contributed by atoms with E-state index in [-0.39, 0.29) is 12.1 Å². The monoisotopic (exact) mass is 407 g/mol. The fourth-order valence-corrected chi connectivity index (χ4v) is 3.01. The van der Waals surface area contributed by atoms with Crippen LogP contribution in [0, 0.1) is 11.6 Å². The molecule has 0 saturated heterocycles. The molecule has 0 spiro atoms. The molecule has 0 aliphatic heterocycles. The van der Waals surface area contributed by atoms with Crippen LogP contribution in [0.3, 0.4) is 0 Å². The molecule has 1 heterocycles. The minimum atomic E-state index is -1.13. The topological polar surface area (TPSA) is 71.1 Å². The molecule has 0 atom stereocenters. The van der Waals surface area contributed by atoms with E-state index in [1.165, 1.54) is 11.3 Å². The van der Waals surface area contributed by atoms with Crippen molar-refractivity contribution in [2.45, 2.75) is 0 Å². The Labute approximate surface area is 162 Å². The third kappa shape index (κ3) is 4.87. The number of nitrogens with zero attached hydrogens (tertiary/aromatic N) is 1. The van der Waals surface area contributed by atoms with Gasteiger partial charge in [0.2, 0.25) is 5.91 Å². The Morgan fingerprint density at radius 2 is 1.81 bits per heavy atom. The van der Waals surface area contributed by atoms with Crippen molar-refractivity contribution < 1.29 is 18.4 Å². The Balaban J connectivity index is 1.55. The number of halogens is 3. The number of amides is 2. The van der Waals surface area contributed by atoms with Crippen molar-refractivity contribution in [1.82, 2.24) is 10.3 Å². The van der Waals surface area contributed by atoms with E-state index in [9.17, 15) is 18.4 Å². The van der Waals surface area contributed by atoms with E-state index >= 15 is 0 Å². The second kappa shape index (κ2) is 8.24. The van der Waals surface area contributed by atoms with Crippen LogP contribution in [0.1, 0.15) is 10.4 Å². The van der Waals surface area contributed by atoms with Gasteiger partial charge in [0.25, 0.3) is 5.91 Å². The van der Waals surface area contributed by atoms with Crippen molar-refractivity contribution in [3.05, 3.63) is 70.1 Å². The number of carbonyl (C=O) groups is 2. The summed E-state index contributed by atoms with van der Waals surface area (Å²) in [6, 6.07) is 9.84. The first-order chi connectivity index (χ1) is 12.9. The number of anilines is 1. The summed E-state index contributed by atoms with van der Waals surface area (Å²) in [5.41, 5.74) is 1.45. The first-order valence-corrected chi connectivity index (χ1v) is 8.93. The van der Waals surface area contributed by atoms with Crippen molar-refractivity contribution in [2.24, 2.45) is 0 Å². The number of aromatic nitrogens is 1. The quantitative estimate of drug-likeness (QED) is 0.668. The van der Waals surface area contributed by atoms with Crippen LogP contribution in [0.15, 0.2) is 47.8 Å². The Morgan fingerprint density at radius 1 is 1.07 bits per heavy atom. The van der Waals surface area contributed by atoms with Gasteiger partial charge in [-0.25, -0.2) is 13.8 Å². The molecule has 2 amide bonds. The summed E-state index contributed by atoms with van der Waals surface area (Å²) >= 11 is 7.08. The zero-order chi connectivity index (χ0) is 19.4. The molecule has 3 rings (SSSR count). The van der Waals surface area contributed by atoms with Crippen LogP contribution in [-0.4, -0.2) is 23.3 Å². The van der Waals surface area contributed by atoms with E-state index in [4.69, 9.17) is 11.6 Å². The fourth-order valence-electron chi connectivity index (χ4n) is 2.15. The van der Waals surface area contributed by atoms with Gasteiger partial charge in [-0.3, -0.25) is 9.59 Å². The first kappa shape index (κ1) is 18.9. The number of hydrogen-bond acceptors (Lipinski definition) is 4. The van der Waals surface area contributed by atoms with Crippen LogP contribution in [0.4, 0.5) is 13.9 Å². The number of hydrogen-bond donors (Lipinski definition) is 2. The lowest BCUT2D eigenvalue weighted by molar-refractivity contribution is -0.115. The fraction of sp³-hybridized carbons (Fsp3) is 0.0556. The molecule has 2 N–H and O–H groups in total. The Bertz CT molecular complexity index is 993. The lowest BCUT2D eigenvalue weighted by Gasteiger charge is -2.05. The van der Waals surface area contributed by atoms with Gasteiger partial charge in [0.1, 0.15) is 0 Å². The number of carbonyl (C=O) groups excluding carboxylic acids is 2. The molecule has 9 heteroatoms. The average molecular weight is 408 g/mol. The van der Waals surface area contributed by atoms with Crippen molar-refractivity contribution >= 4 is 39.9 Å². The van der Waals surface area contributed by atoms with E-state index in [0.29, 0.717) is 15.8 Å².